The minimum atomic E-state index is -0.806. The smallest absolute Gasteiger partial charge is 0.303 e. The number of aliphatic hydroxyl groups excluding tert-OH is 1. The summed E-state index contributed by atoms with van der Waals surface area (Å²) < 4.78 is 0. The molecular weight excluding hydrogens is 342 g/mol. The number of carbonyl (C=O) groups is 2. The van der Waals surface area contributed by atoms with Gasteiger partial charge in [0.25, 0.3) is 0 Å². The number of aliphatic hydroxyl groups is 1. The maximum atomic E-state index is 12.3. The second kappa shape index (κ2) is 12.2. The van der Waals surface area contributed by atoms with E-state index in [1.54, 1.807) is 6.08 Å². The predicted molar refractivity (Wildman–Crippen MR) is 105 cm³/mol. The molecule has 0 spiro atoms. The summed E-state index contributed by atoms with van der Waals surface area (Å²) in [6.07, 6.45) is 12.5. The van der Waals surface area contributed by atoms with Crippen LogP contribution in [0.4, 0.5) is 0 Å². The third-order valence-electron chi connectivity index (χ3n) is 4.82. The summed E-state index contributed by atoms with van der Waals surface area (Å²) in [6, 6.07) is 2.23. The molecule has 0 heterocycles. The highest BCUT2D eigenvalue weighted by Crippen LogP contribution is 2.37. The molecule has 0 amide bonds. The first kappa shape index (κ1) is 22.9. The van der Waals surface area contributed by atoms with Gasteiger partial charge in [-0.3, -0.25) is 9.59 Å². The van der Waals surface area contributed by atoms with Crippen LogP contribution < -0.4 is 0 Å². The van der Waals surface area contributed by atoms with Gasteiger partial charge >= 0.3 is 5.97 Å². The van der Waals surface area contributed by atoms with Crippen LogP contribution in [0, 0.1) is 29.1 Å². The number of carboxylic acid groups (broad SMARTS) is 1. The van der Waals surface area contributed by atoms with Crippen LogP contribution in [0.2, 0.25) is 0 Å². The van der Waals surface area contributed by atoms with Crippen LogP contribution in [0.25, 0.3) is 0 Å². The topological polar surface area (TPSA) is 98.4 Å². The van der Waals surface area contributed by atoms with Crippen LogP contribution in [0.5, 0.6) is 0 Å². The molecule has 5 nitrogen and oxygen atoms in total. The Bertz CT molecular complexity index is 623. The van der Waals surface area contributed by atoms with Crippen molar-refractivity contribution >= 4 is 11.8 Å². The molecule has 1 fully saturated rings. The second-order valence-electron chi connectivity index (χ2n) is 7.39. The van der Waals surface area contributed by atoms with E-state index in [1.165, 1.54) is 5.57 Å². The van der Waals surface area contributed by atoms with Crippen molar-refractivity contribution in [2.75, 3.05) is 0 Å². The fraction of sp³-hybridized carbons (Fsp3) is 0.591. The summed E-state index contributed by atoms with van der Waals surface area (Å²) in [4.78, 5) is 22.8. The SMILES string of the molecule is CC(C)=CCC[C@@H](O)/C=C/[C@@H]1[C@H](C#N)CC(=O)[C@@H]1C/C=C\CCCC(=O)O. The zero-order valence-electron chi connectivity index (χ0n) is 16.3. The molecule has 148 valence electrons. The molecule has 0 aliphatic heterocycles. The molecule has 2 N–H and O–H groups in total. The summed E-state index contributed by atoms with van der Waals surface area (Å²) in [7, 11) is 0. The number of allylic oxidation sites excluding steroid dienone is 5. The van der Waals surface area contributed by atoms with Gasteiger partial charge in [-0.05, 0) is 46.0 Å². The molecule has 5 heteroatoms. The van der Waals surface area contributed by atoms with E-state index >= 15 is 0 Å². The maximum Gasteiger partial charge on any atom is 0.303 e. The van der Waals surface area contributed by atoms with Gasteiger partial charge in [0.1, 0.15) is 5.78 Å². The molecule has 1 rings (SSSR count). The Morgan fingerprint density at radius 2 is 2.07 bits per heavy atom. The normalized spacial score (nSPS) is 23.6. The van der Waals surface area contributed by atoms with E-state index in [0.717, 1.165) is 6.42 Å². The molecule has 0 saturated heterocycles. The number of hydrogen-bond donors (Lipinski definition) is 2. The number of hydrogen-bond acceptors (Lipinski definition) is 4. The van der Waals surface area contributed by atoms with Crippen LogP contribution in [0.3, 0.4) is 0 Å². The van der Waals surface area contributed by atoms with E-state index in [0.29, 0.717) is 25.7 Å². The Hall–Kier alpha value is -2.19. The van der Waals surface area contributed by atoms with Crippen molar-refractivity contribution in [3.63, 3.8) is 0 Å². The zero-order valence-corrected chi connectivity index (χ0v) is 16.3. The Kier molecular flexibility index (Phi) is 10.4. The summed E-state index contributed by atoms with van der Waals surface area (Å²) in [6.45, 7) is 4.04. The molecule has 0 aromatic carbocycles. The third-order valence-corrected chi connectivity index (χ3v) is 4.82. The van der Waals surface area contributed by atoms with E-state index in [-0.39, 0.29) is 36.4 Å². The van der Waals surface area contributed by atoms with Crippen LogP contribution in [0.1, 0.15) is 58.8 Å². The largest absolute Gasteiger partial charge is 0.481 e. The first-order valence-corrected chi connectivity index (χ1v) is 9.64. The predicted octanol–water partition coefficient (Wildman–Crippen LogP) is 4.20. The van der Waals surface area contributed by atoms with Gasteiger partial charge in [0.05, 0.1) is 18.1 Å². The summed E-state index contributed by atoms with van der Waals surface area (Å²) in [5.41, 5.74) is 1.22. The molecule has 0 radical (unpaired) electrons. The van der Waals surface area contributed by atoms with Gasteiger partial charge in [-0.15, -0.1) is 0 Å². The quantitative estimate of drug-likeness (QED) is 0.418. The number of aliphatic carboxylic acids is 1. The van der Waals surface area contributed by atoms with E-state index in [2.05, 4.69) is 12.1 Å². The molecule has 27 heavy (non-hydrogen) atoms. The summed E-state index contributed by atoms with van der Waals surface area (Å²) in [5, 5.41) is 28.1. The number of carboxylic acids is 1. The lowest BCUT2D eigenvalue weighted by Gasteiger charge is -2.16. The first-order valence-electron chi connectivity index (χ1n) is 9.64. The number of ketones is 1. The molecule has 0 aromatic rings. The third kappa shape index (κ3) is 8.83. The fourth-order valence-electron chi connectivity index (χ4n) is 3.32. The van der Waals surface area contributed by atoms with Crippen LogP contribution in [-0.4, -0.2) is 28.1 Å². The van der Waals surface area contributed by atoms with Gasteiger partial charge in [0.2, 0.25) is 0 Å². The van der Waals surface area contributed by atoms with Crippen molar-refractivity contribution in [1.29, 1.82) is 5.26 Å². The van der Waals surface area contributed by atoms with E-state index in [9.17, 15) is 20.0 Å². The number of Topliss-reactive ketones (excluding diaryl/α,β-unsaturated/α-hetero) is 1. The molecule has 1 aliphatic rings. The minimum absolute atomic E-state index is 0.0883. The molecule has 1 aliphatic carbocycles. The van der Waals surface area contributed by atoms with Crippen LogP contribution in [-0.2, 0) is 9.59 Å². The van der Waals surface area contributed by atoms with E-state index in [1.807, 2.05) is 32.1 Å². The monoisotopic (exact) mass is 373 g/mol. The number of rotatable bonds is 11. The zero-order chi connectivity index (χ0) is 20.2. The van der Waals surface area contributed by atoms with Crippen molar-refractivity contribution in [1.82, 2.24) is 0 Å². The lowest BCUT2D eigenvalue weighted by Crippen LogP contribution is -2.15. The molecule has 0 bridgehead atoms. The molecule has 0 unspecified atom stereocenters. The number of nitriles is 1. The van der Waals surface area contributed by atoms with Gasteiger partial charge in [-0.2, -0.15) is 5.26 Å². The molecule has 4 atom stereocenters. The Labute approximate surface area is 162 Å². The van der Waals surface area contributed by atoms with Crippen molar-refractivity contribution in [2.24, 2.45) is 17.8 Å². The number of unbranched alkanes of at least 4 members (excludes halogenated alkanes) is 1. The standard InChI is InChI=1S/C22H31NO4/c1-16(2)8-7-9-18(24)12-13-19-17(15-23)14-21(25)20(19)10-5-3-4-6-11-22(26)27/h3,5,8,12-13,17-20,24H,4,6-7,9-11,14H2,1-2H3,(H,26,27)/b5-3-,13-12+/t17-,18+,19+,20+/m0/s1. The average Bonchev–Trinajstić information content (AvgIpc) is 2.90. The van der Waals surface area contributed by atoms with Crippen molar-refractivity contribution in [3.05, 3.63) is 36.0 Å². The highest BCUT2D eigenvalue weighted by atomic mass is 16.4. The van der Waals surface area contributed by atoms with Crippen molar-refractivity contribution < 1.29 is 19.8 Å². The van der Waals surface area contributed by atoms with Gasteiger partial charge in [0.15, 0.2) is 0 Å². The molecule has 1 saturated carbocycles. The highest BCUT2D eigenvalue weighted by molar-refractivity contribution is 5.85. The summed E-state index contributed by atoms with van der Waals surface area (Å²) in [5.74, 6) is -1.48. The Balaban J connectivity index is 2.61. The molecular formula is C22H31NO4. The Morgan fingerprint density at radius 1 is 1.33 bits per heavy atom. The first-order chi connectivity index (χ1) is 12.8. The van der Waals surface area contributed by atoms with Gasteiger partial charge in [0, 0.05) is 24.7 Å². The lowest BCUT2D eigenvalue weighted by atomic mass is 9.86. The van der Waals surface area contributed by atoms with E-state index < -0.39 is 12.1 Å². The lowest BCUT2D eigenvalue weighted by molar-refractivity contribution is -0.137. The van der Waals surface area contributed by atoms with Crippen LogP contribution in [0.15, 0.2) is 36.0 Å². The Morgan fingerprint density at radius 3 is 2.70 bits per heavy atom. The highest BCUT2D eigenvalue weighted by Gasteiger charge is 2.40. The maximum absolute atomic E-state index is 12.3. The number of nitrogens with zero attached hydrogens (tertiary/aromatic N) is 1. The minimum Gasteiger partial charge on any atom is -0.481 e. The average molecular weight is 373 g/mol. The van der Waals surface area contributed by atoms with Crippen LogP contribution >= 0.6 is 0 Å². The van der Waals surface area contributed by atoms with Gasteiger partial charge < -0.3 is 10.2 Å². The summed E-state index contributed by atoms with van der Waals surface area (Å²) >= 11 is 0. The van der Waals surface area contributed by atoms with Crippen molar-refractivity contribution in [3.8, 4) is 6.07 Å². The number of carbonyl (C=O) groups excluding carboxylic acids is 1. The second-order valence-corrected chi connectivity index (χ2v) is 7.39. The van der Waals surface area contributed by atoms with Crippen molar-refractivity contribution in [2.45, 2.75) is 64.9 Å². The molecule has 0 aromatic heterocycles. The van der Waals surface area contributed by atoms with Gasteiger partial charge in [-0.1, -0.05) is 36.0 Å². The van der Waals surface area contributed by atoms with Gasteiger partial charge in [-0.25, -0.2) is 0 Å². The fourth-order valence-corrected chi connectivity index (χ4v) is 3.32. The van der Waals surface area contributed by atoms with E-state index in [4.69, 9.17) is 5.11 Å².